The van der Waals surface area contributed by atoms with Crippen molar-refractivity contribution in [2.75, 3.05) is 19.0 Å². The maximum atomic E-state index is 12.5. The van der Waals surface area contributed by atoms with Crippen molar-refractivity contribution in [2.45, 2.75) is 12.8 Å². The average molecular weight is 357 g/mol. The lowest BCUT2D eigenvalue weighted by molar-refractivity contribution is 0.0958. The molecule has 1 aromatic carbocycles. The third-order valence-corrected chi connectivity index (χ3v) is 4.96. The summed E-state index contributed by atoms with van der Waals surface area (Å²) >= 11 is 1.17. The third-order valence-electron chi connectivity index (χ3n) is 3.95. The fourth-order valence-electron chi connectivity index (χ4n) is 2.76. The number of ether oxygens (including phenoxy) is 1. The van der Waals surface area contributed by atoms with Crippen LogP contribution in [0.25, 0.3) is 11.0 Å². The number of furan rings is 1. The van der Waals surface area contributed by atoms with Crippen molar-refractivity contribution in [2.24, 2.45) is 0 Å². The van der Waals surface area contributed by atoms with Gasteiger partial charge in [0.15, 0.2) is 22.2 Å². The number of carbonyl (C=O) groups is 2. The van der Waals surface area contributed by atoms with E-state index in [4.69, 9.17) is 9.15 Å². The van der Waals surface area contributed by atoms with Gasteiger partial charge in [0, 0.05) is 11.9 Å². The summed E-state index contributed by atoms with van der Waals surface area (Å²) in [6.45, 7) is 0.643. The SMILES string of the molecule is COc1cccc2cc(C(=O)Nc3nc4c(s3)C(=O)NCCC4)oc12. The molecular formula is C17H15N3O4S. The van der Waals surface area contributed by atoms with Crippen LogP contribution in [0.2, 0.25) is 0 Å². The lowest BCUT2D eigenvalue weighted by Gasteiger charge is -1.99. The minimum absolute atomic E-state index is 0.140. The fourth-order valence-corrected chi connectivity index (χ4v) is 3.68. The van der Waals surface area contributed by atoms with Gasteiger partial charge in [-0.05, 0) is 25.0 Å². The zero-order chi connectivity index (χ0) is 17.4. The molecule has 0 spiro atoms. The summed E-state index contributed by atoms with van der Waals surface area (Å²) < 4.78 is 10.9. The van der Waals surface area contributed by atoms with Crippen LogP contribution in [-0.4, -0.2) is 30.5 Å². The number of nitrogens with one attached hydrogen (secondary N) is 2. The Labute approximate surface area is 147 Å². The molecule has 0 unspecified atom stereocenters. The molecule has 1 aliphatic heterocycles. The van der Waals surface area contributed by atoms with E-state index in [0.29, 0.717) is 34.3 Å². The molecule has 0 aliphatic carbocycles. The molecule has 0 fully saturated rings. The molecule has 128 valence electrons. The highest BCUT2D eigenvalue weighted by molar-refractivity contribution is 7.17. The molecule has 2 aromatic heterocycles. The lowest BCUT2D eigenvalue weighted by Crippen LogP contribution is -2.21. The van der Waals surface area contributed by atoms with E-state index in [1.807, 2.05) is 12.1 Å². The Kier molecular flexibility index (Phi) is 3.89. The maximum Gasteiger partial charge on any atom is 0.293 e. The van der Waals surface area contributed by atoms with Gasteiger partial charge in [-0.2, -0.15) is 0 Å². The van der Waals surface area contributed by atoms with Crippen molar-refractivity contribution < 1.29 is 18.7 Å². The minimum Gasteiger partial charge on any atom is -0.493 e. The molecule has 0 bridgehead atoms. The number of para-hydroxylation sites is 1. The lowest BCUT2D eigenvalue weighted by atomic mass is 10.2. The molecule has 2 amide bonds. The third kappa shape index (κ3) is 2.85. The zero-order valence-electron chi connectivity index (χ0n) is 13.4. The highest BCUT2D eigenvalue weighted by Gasteiger charge is 2.22. The Morgan fingerprint density at radius 2 is 2.32 bits per heavy atom. The molecular weight excluding hydrogens is 342 g/mol. The molecule has 7 nitrogen and oxygen atoms in total. The standard InChI is InChI=1S/C17H15N3O4S/c1-23-11-6-2-4-9-8-12(24-13(9)11)15(21)20-17-19-10-5-3-7-18-16(22)14(10)25-17/h2,4,6,8H,3,5,7H2,1H3,(H,18,22)(H,19,20,21). The van der Waals surface area contributed by atoms with E-state index in [1.54, 1.807) is 19.2 Å². The zero-order valence-corrected chi connectivity index (χ0v) is 14.2. The second-order valence-corrected chi connectivity index (χ2v) is 6.60. The van der Waals surface area contributed by atoms with E-state index < -0.39 is 5.91 Å². The highest BCUT2D eigenvalue weighted by Crippen LogP contribution is 2.30. The van der Waals surface area contributed by atoms with Gasteiger partial charge in [-0.25, -0.2) is 4.98 Å². The van der Waals surface area contributed by atoms with Crippen LogP contribution in [0.1, 0.15) is 32.3 Å². The Morgan fingerprint density at radius 3 is 3.16 bits per heavy atom. The first-order chi connectivity index (χ1) is 12.2. The first kappa shape index (κ1) is 15.6. The summed E-state index contributed by atoms with van der Waals surface area (Å²) in [5, 5.41) is 6.69. The molecule has 8 heteroatoms. The predicted octanol–water partition coefficient (Wildman–Crippen LogP) is 2.83. The van der Waals surface area contributed by atoms with Crippen molar-refractivity contribution in [3.63, 3.8) is 0 Å². The number of fused-ring (bicyclic) bond motifs is 2. The smallest absolute Gasteiger partial charge is 0.293 e. The van der Waals surface area contributed by atoms with E-state index in [2.05, 4.69) is 15.6 Å². The van der Waals surface area contributed by atoms with Crippen LogP contribution in [0, 0.1) is 0 Å². The molecule has 0 atom stereocenters. The van der Waals surface area contributed by atoms with Gasteiger partial charge in [0.05, 0.1) is 12.8 Å². The molecule has 4 rings (SSSR count). The van der Waals surface area contributed by atoms with Gasteiger partial charge >= 0.3 is 0 Å². The van der Waals surface area contributed by atoms with E-state index in [1.165, 1.54) is 11.3 Å². The number of thiazole rings is 1. The van der Waals surface area contributed by atoms with Crippen molar-refractivity contribution in [3.8, 4) is 5.75 Å². The Hall–Kier alpha value is -2.87. The fraction of sp³-hybridized carbons (Fsp3) is 0.235. The maximum absolute atomic E-state index is 12.5. The topological polar surface area (TPSA) is 93.5 Å². The van der Waals surface area contributed by atoms with Gasteiger partial charge in [0.1, 0.15) is 4.88 Å². The quantitative estimate of drug-likeness (QED) is 0.752. The summed E-state index contributed by atoms with van der Waals surface area (Å²) in [6, 6.07) is 7.09. The number of benzene rings is 1. The van der Waals surface area contributed by atoms with Gasteiger partial charge in [0.2, 0.25) is 0 Å². The molecule has 3 heterocycles. The number of amides is 2. The van der Waals surface area contributed by atoms with Crippen molar-refractivity contribution in [3.05, 3.63) is 40.6 Å². The Balaban J connectivity index is 1.60. The van der Waals surface area contributed by atoms with Crippen LogP contribution < -0.4 is 15.4 Å². The van der Waals surface area contributed by atoms with Gasteiger partial charge in [-0.15, -0.1) is 0 Å². The van der Waals surface area contributed by atoms with E-state index >= 15 is 0 Å². The van der Waals surface area contributed by atoms with Crippen molar-refractivity contribution in [1.29, 1.82) is 0 Å². The number of nitrogens with zero attached hydrogens (tertiary/aromatic N) is 1. The number of aromatic nitrogens is 1. The van der Waals surface area contributed by atoms with Gasteiger partial charge in [-0.3, -0.25) is 14.9 Å². The van der Waals surface area contributed by atoms with E-state index in [0.717, 1.165) is 17.5 Å². The van der Waals surface area contributed by atoms with E-state index in [9.17, 15) is 9.59 Å². The molecule has 1 aliphatic rings. The second-order valence-electron chi connectivity index (χ2n) is 5.60. The summed E-state index contributed by atoms with van der Waals surface area (Å²) in [5.41, 5.74) is 1.24. The minimum atomic E-state index is -0.414. The Bertz CT molecular complexity index is 976. The predicted molar refractivity (Wildman–Crippen MR) is 93.5 cm³/mol. The number of methoxy groups -OCH3 is 1. The average Bonchev–Trinajstić information content (AvgIpc) is 3.18. The van der Waals surface area contributed by atoms with Crippen LogP contribution in [0.4, 0.5) is 5.13 Å². The first-order valence-electron chi connectivity index (χ1n) is 7.81. The van der Waals surface area contributed by atoms with Crippen LogP contribution in [0.3, 0.4) is 0 Å². The number of hydrogen-bond donors (Lipinski definition) is 2. The summed E-state index contributed by atoms with van der Waals surface area (Å²) in [5.74, 6) is 0.171. The Morgan fingerprint density at radius 1 is 1.44 bits per heavy atom. The van der Waals surface area contributed by atoms with E-state index in [-0.39, 0.29) is 11.7 Å². The number of rotatable bonds is 3. The number of carbonyl (C=O) groups excluding carboxylic acids is 2. The van der Waals surface area contributed by atoms with Crippen LogP contribution in [0.5, 0.6) is 5.75 Å². The molecule has 0 saturated heterocycles. The summed E-state index contributed by atoms with van der Waals surface area (Å²) in [4.78, 5) is 29.4. The number of aryl methyl sites for hydroxylation is 1. The normalized spacial score (nSPS) is 13.9. The molecule has 0 saturated carbocycles. The largest absolute Gasteiger partial charge is 0.493 e. The number of anilines is 1. The molecule has 25 heavy (non-hydrogen) atoms. The second kappa shape index (κ2) is 6.21. The van der Waals surface area contributed by atoms with Crippen LogP contribution >= 0.6 is 11.3 Å². The monoisotopic (exact) mass is 357 g/mol. The highest BCUT2D eigenvalue weighted by atomic mass is 32.1. The molecule has 3 aromatic rings. The van der Waals surface area contributed by atoms with Crippen molar-refractivity contribution >= 4 is 39.3 Å². The first-order valence-corrected chi connectivity index (χ1v) is 8.63. The van der Waals surface area contributed by atoms with Gasteiger partial charge < -0.3 is 14.5 Å². The van der Waals surface area contributed by atoms with Gasteiger partial charge in [-0.1, -0.05) is 23.5 Å². The molecule has 2 N–H and O–H groups in total. The summed E-state index contributed by atoms with van der Waals surface area (Å²) in [7, 11) is 1.55. The van der Waals surface area contributed by atoms with Crippen molar-refractivity contribution in [1.82, 2.24) is 10.3 Å². The van der Waals surface area contributed by atoms with Crippen LogP contribution in [0.15, 0.2) is 28.7 Å². The number of hydrogen-bond acceptors (Lipinski definition) is 6. The van der Waals surface area contributed by atoms with Crippen LogP contribution in [-0.2, 0) is 6.42 Å². The van der Waals surface area contributed by atoms with Gasteiger partial charge in [0.25, 0.3) is 11.8 Å². The molecule has 0 radical (unpaired) electrons. The summed E-state index contributed by atoms with van der Waals surface area (Å²) in [6.07, 6.45) is 1.54.